The molecule has 1 aliphatic heterocycles. The second-order valence-electron chi connectivity index (χ2n) is 9.18. The van der Waals surface area contributed by atoms with Gasteiger partial charge in [-0.05, 0) is 64.1 Å². The highest BCUT2D eigenvalue weighted by atomic mass is 16.2. The molecule has 1 saturated heterocycles. The van der Waals surface area contributed by atoms with Crippen molar-refractivity contribution < 1.29 is 9.59 Å². The summed E-state index contributed by atoms with van der Waals surface area (Å²) >= 11 is 0. The molecular formula is C22H32N4O2. The number of hydrogen-bond acceptors (Lipinski definition) is 3. The largest absolute Gasteiger partial charge is 0.368 e. The molecule has 152 valence electrons. The third kappa shape index (κ3) is 3.28. The molecule has 3 aliphatic rings. The SMILES string of the molecule is CN(C)[C@]1(c2ccccc2)CC[C@]2(CC1)CN(CC(N)=O)C(=O)N2CC1CC1. The fourth-order valence-corrected chi connectivity index (χ4v) is 5.32. The number of nitrogens with zero attached hydrogens (tertiary/aromatic N) is 3. The van der Waals surface area contributed by atoms with E-state index in [0.717, 1.165) is 32.2 Å². The Labute approximate surface area is 167 Å². The Hall–Kier alpha value is -2.08. The Morgan fingerprint density at radius 2 is 1.79 bits per heavy atom. The Kier molecular flexibility index (Phi) is 4.86. The molecule has 0 aromatic heterocycles. The molecule has 0 atom stereocenters. The number of primary amides is 1. The molecule has 1 heterocycles. The molecular weight excluding hydrogens is 352 g/mol. The molecule has 28 heavy (non-hydrogen) atoms. The second-order valence-corrected chi connectivity index (χ2v) is 9.18. The second kappa shape index (κ2) is 7.07. The number of carbonyl (C=O) groups excluding carboxylic acids is 2. The molecule has 1 spiro atoms. The van der Waals surface area contributed by atoms with Crippen LogP contribution in [-0.2, 0) is 10.3 Å². The van der Waals surface area contributed by atoms with Crippen LogP contribution in [0.1, 0.15) is 44.1 Å². The van der Waals surface area contributed by atoms with Gasteiger partial charge in [-0.1, -0.05) is 30.3 Å². The normalized spacial score (nSPS) is 30.5. The smallest absolute Gasteiger partial charge is 0.321 e. The van der Waals surface area contributed by atoms with Crippen molar-refractivity contribution in [1.29, 1.82) is 0 Å². The van der Waals surface area contributed by atoms with E-state index in [1.54, 1.807) is 4.90 Å². The van der Waals surface area contributed by atoms with Crippen molar-refractivity contribution in [3.05, 3.63) is 35.9 Å². The topological polar surface area (TPSA) is 69.9 Å². The van der Waals surface area contributed by atoms with E-state index >= 15 is 0 Å². The van der Waals surface area contributed by atoms with Crippen LogP contribution in [0.2, 0.25) is 0 Å². The van der Waals surface area contributed by atoms with Crippen LogP contribution < -0.4 is 5.73 Å². The lowest BCUT2D eigenvalue weighted by molar-refractivity contribution is -0.118. The molecule has 2 saturated carbocycles. The standard InChI is InChI=1S/C22H32N4O2/c1-24(2)22(18-6-4-3-5-7-18)12-10-21(11-13-22)16-25(15-19(23)27)20(28)26(21)14-17-8-9-17/h3-7,17H,8-16H2,1-2H3,(H2,23,27)/t21-,22+. The first kappa shape index (κ1) is 19.2. The molecule has 0 unspecified atom stereocenters. The average molecular weight is 385 g/mol. The number of rotatable bonds is 6. The number of hydrogen-bond donors (Lipinski definition) is 1. The highest BCUT2D eigenvalue weighted by molar-refractivity contribution is 5.85. The van der Waals surface area contributed by atoms with Gasteiger partial charge >= 0.3 is 6.03 Å². The van der Waals surface area contributed by atoms with Gasteiger partial charge < -0.3 is 15.5 Å². The van der Waals surface area contributed by atoms with Crippen molar-refractivity contribution in [2.24, 2.45) is 11.7 Å². The molecule has 0 radical (unpaired) electrons. The lowest BCUT2D eigenvalue weighted by atomic mass is 9.68. The van der Waals surface area contributed by atoms with E-state index in [0.29, 0.717) is 12.5 Å². The van der Waals surface area contributed by atoms with Gasteiger partial charge in [-0.3, -0.25) is 9.69 Å². The molecule has 1 aromatic rings. The molecule has 1 aromatic carbocycles. The van der Waals surface area contributed by atoms with Gasteiger partial charge in [0.05, 0.1) is 5.54 Å². The van der Waals surface area contributed by atoms with Crippen LogP contribution in [0.3, 0.4) is 0 Å². The van der Waals surface area contributed by atoms with Crippen LogP contribution in [0.15, 0.2) is 30.3 Å². The highest BCUT2D eigenvalue weighted by Gasteiger charge is 2.55. The molecule has 2 aliphatic carbocycles. The summed E-state index contributed by atoms with van der Waals surface area (Å²) in [4.78, 5) is 30.7. The Morgan fingerprint density at radius 1 is 1.14 bits per heavy atom. The van der Waals surface area contributed by atoms with Gasteiger partial charge in [0.2, 0.25) is 5.91 Å². The van der Waals surface area contributed by atoms with E-state index in [1.165, 1.54) is 18.4 Å². The predicted octanol–water partition coefficient (Wildman–Crippen LogP) is 2.39. The highest BCUT2D eigenvalue weighted by Crippen LogP contribution is 2.49. The summed E-state index contributed by atoms with van der Waals surface area (Å²) in [7, 11) is 4.32. The zero-order chi connectivity index (χ0) is 19.9. The summed E-state index contributed by atoms with van der Waals surface area (Å²) in [6, 6.07) is 10.7. The van der Waals surface area contributed by atoms with Gasteiger partial charge in [0, 0.05) is 18.6 Å². The van der Waals surface area contributed by atoms with Crippen LogP contribution in [0.4, 0.5) is 4.79 Å². The molecule has 0 bridgehead atoms. The van der Waals surface area contributed by atoms with E-state index in [4.69, 9.17) is 5.73 Å². The zero-order valence-electron chi connectivity index (χ0n) is 17.1. The average Bonchev–Trinajstić information content (AvgIpc) is 3.46. The molecule has 3 fully saturated rings. The van der Waals surface area contributed by atoms with Crippen LogP contribution in [0, 0.1) is 5.92 Å². The van der Waals surface area contributed by atoms with E-state index in [2.05, 4.69) is 54.2 Å². The molecule has 6 nitrogen and oxygen atoms in total. The predicted molar refractivity (Wildman–Crippen MR) is 109 cm³/mol. The summed E-state index contributed by atoms with van der Waals surface area (Å²) in [5, 5.41) is 0. The van der Waals surface area contributed by atoms with E-state index < -0.39 is 5.91 Å². The van der Waals surface area contributed by atoms with Gasteiger partial charge in [0.25, 0.3) is 0 Å². The minimum atomic E-state index is -0.431. The van der Waals surface area contributed by atoms with Gasteiger partial charge in [0.15, 0.2) is 0 Å². The minimum absolute atomic E-state index is 0.00207. The van der Waals surface area contributed by atoms with Crippen molar-refractivity contribution in [3.63, 3.8) is 0 Å². The van der Waals surface area contributed by atoms with E-state index in [1.807, 2.05) is 0 Å². The maximum Gasteiger partial charge on any atom is 0.321 e. The van der Waals surface area contributed by atoms with E-state index in [-0.39, 0.29) is 23.7 Å². The molecule has 2 N–H and O–H groups in total. The van der Waals surface area contributed by atoms with Gasteiger partial charge in [-0.2, -0.15) is 0 Å². The number of amides is 3. The van der Waals surface area contributed by atoms with Crippen molar-refractivity contribution in [3.8, 4) is 0 Å². The van der Waals surface area contributed by atoms with Crippen LogP contribution in [-0.4, -0.2) is 65.9 Å². The Balaban J connectivity index is 1.59. The summed E-state index contributed by atoms with van der Waals surface area (Å²) in [5.74, 6) is 0.198. The van der Waals surface area contributed by atoms with Crippen LogP contribution >= 0.6 is 0 Å². The number of nitrogens with two attached hydrogens (primary N) is 1. The number of carbonyl (C=O) groups is 2. The summed E-state index contributed by atoms with van der Waals surface area (Å²) in [6.45, 7) is 1.48. The van der Waals surface area contributed by atoms with Crippen molar-refractivity contribution >= 4 is 11.9 Å². The van der Waals surface area contributed by atoms with Crippen molar-refractivity contribution in [2.45, 2.75) is 49.6 Å². The molecule has 6 heteroatoms. The summed E-state index contributed by atoms with van der Waals surface area (Å²) in [6.07, 6.45) is 6.33. The third-order valence-corrected chi connectivity index (χ3v) is 7.22. The lowest BCUT2D eigenvalue weighted by Gasteiger charge is -2.51. The quantitative estimate of drug-likeness (QED) is 0.819. The fourth-order valence-electron chi connectivity index (χ4n) is 5.32. The molecule has 3 amide bonds. The zero-order valence-corrected chi connectivity index (χ0v) is 17.1. The van der Waals surface area contributed by atoms with Crippen LogP contribution in [0.5, 0.6) is 0 Å². The van der Waals surface area contributed by atoms with Gasteiger partial charge in [-0.15, -0.1) is 0 Å². The first-order valence-electron chi connectivity index (χ1n) is 10.4. The van der Waals surface area contributed by atoms with Crippen molar-refractivity contribution in [2.75, 3.05) is 33.7 Å². The minimum Gasteiger partial charge on any atom is -0.368 e. The summed E-state index contributed by atoms with van der Waals surface area (Å²) in [5.41, 5.74) is 6.60. The molecule has 4 rings (SSSR count). The monoisotopic (exact) mass is 384 g/mol. The van der Waals surface area contributed by atoms with Crippen LogP contribution in [0.25, 0.3) is 0 Å². The lowest BCUT2D eigenvalue weighted by Crippen LogP contribution is -2.55. The summed E-state index contributed by atoms with van der Waals surface area (Å²) < 4.78 is 0. The Morgan fingerprint density at radius 3 is 2.32 bits per heavy atom. The number of benzene rings is 1. The number of urea groups is 1. The maximum atomic E-state index is 13.1. The first-order chi connectivity index (χ1) is 13.4. The fraction of sp³-hybridized carbons (Fsp3) is 0.636. The van der Waals surface area contributed by atoms with Gasteiger partial charge in [0.1, 0.15) is 6.54 Å². The third-order valence-electron chi connectivity index (χ3n) is 7.22. The van der Waals surface area contributed by atoms with Gasteiger partial charge in [-0.25, -0.2) is 4.79 Å². The van der Waals surface area contributed by atoms with E-state index in [9.17, 15) is 9.59 Å². The maximum absolute atomic E-state index is 13.1. The first-order valence-corrected chi connectivity index (χ1v) is 10.4. The Bertz CT molecular complexity index is 736. The van der Waals surface area contributed by atoms with Crippen molar-refractivity contribution in [1.82, 2.24) is 14.7 Å².